The standard InChI is InChI=1S/C25H26Br2N2O4/c1-4-32-24-13-19(11-21(27)25(24)33-16-17-5-8-20(26)9-6-17)15-29-28-14-18-7-10-22(30-2)23(12-18)31-3/h5-13,15,28H,4,14,16H2,1-3H3/b29-15-. The van der Waals surface area contributed by atoms with Gasteiger partial charge in [-0.25, -0.2) is 0 Å². The van der Waals surface area contributed by atoms with Crippen LogP contribution in [0.1, 0.15) is 23.6 Å². The highest BCUT2D eigenvalue weighted by Crippen LogP contribution is 2.37. The normalized spacial score (nSPS) is 10.8. The van der Waals surface area contributed by atoms with Crippen LogP contribution in [0.2, 0.25) is 0 Å². The van der Waals surface area contributed by atoms with E-state index in [1.165, 1.54) is 0 Å². The van der Waals surface area contributed by atoms with E-state index in [-0.39, 0.29) is 0 Å². The molecule has 0 aromatic heterocycles. The number of ether oxygens (including phenoxy) is 4. The van der Waals surface area contributed by atoms with Crippen LogP contribution in [-0.2, 0) is 13.2 Å². The van der Waals surface area contributed by atoms with Crippen LogP contribution in [0, 0.1) is 0 Å². The Kier molecular flexibility index (Phi) is 9.45. The highest BCUT2D eigenvalue weighted by molar-refractivity contribution is 9.10. The minimum absolute atomic E-state index is 0.437. The molecule has 0 unspecified atom stereocenters. The van der Waals surface area contributed by atoms with Crippen LogP contribution < -0.4 is 24.4 Å². The molecule has 0 bridgehead atoms. The average Bonchev–Trinajstić information content (AvgIpc) is 2.82. The Morgan fingerprint density at radius 3 is 2.27 bits per heavy atom. The van der Waals surface area contributed by atoms with Gasteiger partial charge < -0.3 is 24.4 Å². The predicted octanol–water partition coefficient (Wildman–Crippen LogP) is 6.33. The lowest BCUT2D eigenvalue weighted by Crippen LogP contribution is -2.06. The van der Waals surface area contributed by atoms with Gasteiger partial charge in [0.15, 0.2) is 23.0 Å². The van der Waals surface area contributed by atoms with Crippen LogP contribution in [0.5, 0.6) is 23.0 Å². The summed E-state index contributed by atoms with van der Waals surface area (Å²) in [7, 11) is 3.24. The topological polar surface area (TPSA) is 61.3 Å². The van der Waals surface area contributed by atoms with Gasteiger partial charge in [-0.3, -0.25) is 0 Å². The molecule has 0 atom stereocenters. The van der Waals surface area contributed by atoms with E-state index in [0.717, 1.165) is 25.6 Å². The predicted molar refractivity (Wildman–Crippen MR) is 138 cm³/mol. The zero-order chi connectivity index (χ0) is 23.6. The zero-order valence-corrected chi connectivity index (χ0v) is 21.9. The molecule has 0 saturated carbocycles. The lowest BCUT2D eigenvalue weighted by Gasteiger charge is -2.15. The summed E-state index contributed by atoms with van der Waals surface area (Å²) >= 11 is 7.06. The number of nitrogens with zero attached hydrogens (tertiary/aromatic N) is 1. The highest BCUT2D eigenvalue weighted by Gasteiger charge is 2.12. The van der Waals surface area contributed by atoms with Crippen molar-refractivity contribution >= 4 is 38.1 Å². The van der Waals surface area contributed by atoms with Gasteiger partial charge in [-0.2, -0.15) is 5.10 Å². The van der Waals surface area contributed by atoms with Crippen LogP contribution in [0.4, 0.5) is 0 Å². The fourth-order valence-corrected chi connectivity index (χ4v) is 3.89. The number of halogens is 2. The van der Waals surface area contributed by atoms with Gasteiger partial charge >= 0.3 is 0 Å². The van der Waals surface area contributed by atoms with Crippen LogP contribution in [0.3, 0.4) is 0 Å². The molecule has 3 aromatic rings. The van der Waals surface area contributed by atoms with Crippen molar-refractivity contribution in [3.8, 4) is 23.0 Å². The van der Waals surface area contributed by atoms with Crippen molar-refractivity contribution in [3.63, 3.8) is 0 Å². The van der Waals surface area contributed by atoms with E-state index in [2.05, 4.69) is 42.4 Å². The average molecular weight is 578 g/mol. The third-order valence-corrected chi connectivity index (χ3v) is 5.78. The van der Waals surface area contributed by atoms with E-state index in [0.29, 0.717) is 42.8 Å². The van der Waals surface area contributed by atoms with E-state index < -0.39 is 0 Å². The van der Waals surface area contributed by atoms with E-state index >= 15 is 0 Å². The second kappa shape index (κ2) is 12.5. The number of hydrogen-bond acceptors (Lipinski definition) is 6. The van der Waals surface area contributed by atoms with Crippen molar-refractivity contribution in [3.05, 3.63) is 80.2 Å². The molecule has 6 nitrogen and oxygen atoms in total. The van der Waals surface area contributed by atoms with E-state index in [9.17, 15) is 0 Å². The van der Waals surface area contributed by atoms with Crippen LogP contribution in [-0.4, -0.2) is 27.0 Å². The molecular formula is C25H26Br2N2O4. The minimum Gasteiger partial charge on any atom is -0.493 e. The summed E-state index contributed by atoms with van der Waals surface area (Å²) in [4.78, 5) is 0. The number of benzene rings is 3. The fraction of sp³-hybridized carbons (Fsp3) is 0.240. The Labute approximate surface area is 211 Å². The van der Waals surface area contributed by atoms with Crippen molar-refractivity contribution in [2.75, 3.05) is 20.8 Å². The van der Waals surface area contributed by atoms with Crippen molar-refractivity contribution in [1.29, 1.82) is 0 Å². The first kappa shape index (κ1) is 24.9. The molecule has 0 radical (unpaired) electrons. The van der Waals surface area contributed by atoms with Crippen molar-refractivity contribution in [1.82, 2.24) is 5.43 Å². The summed E-state index contributed by atoms with van der Waals surface area (Å²) in [6.45, 7) is 3.45. The highest BCUT2D eigenvalue weighted by atomic mass is 79.9. The summed E-state index contributed by atoms with van der Waals surface area (Å²) in [6.07, 6.45) is 1.74. The number of methoxy groups -OCH3 is 2. The summed E-state index contributed by atoms with van der Waals surface area (Å²) in [5, 5.41) is 4.34. The van der Waals surface area contributed by atoms with Gasteiger partial charge in [0.1, 0.15) is 6.61 Å². The maximum Gasteiger partial charge on any atom is 0.175 e. The van der Waals surface area contributed by atoms with E-state index in [1.54, 1.807) is 20.4 Å². The molecule has 174 valence electrons. The summed E-state index contributed by atoms with van der Waals surface area (Å²) in [5.41, 5.74) is 6.03. The SMILES string of the molecule is CCOc1cc(/C=N\NCc2ccc(OC)c(OC)c2)cc(Br)c1OCc1ccc(Br)cc1. The first-order valence-corrected chi connectivity index (χ1v) is 11.9. The second-order valence-corrected chi connectivity index (χ2v) is 8.73. The third-order valence-electron chi connectivity index (χ3n) is 4.66. The van der Waals surface area contributed by atoms with Crippen LogP contribution in [0.25, 0.3) is 0 Å². The quantitative estimate of drug-likeness (QED) is 0.213. The molecule has 0 saturated heterocycles. The maximum atomic E-state index is 6.06. The van der Waals surface area contributed by atoms with E-state index in [4.69, 9.17) is 18.9 Å². The Bertz CT molecular complexity index is 1090. The Balaban J connectivity index is 1.66. The van der Waals surface area contributed by atoms with Crippen molar-refractivity contribution < 1.29 is 18.9 Å². The third kappa shape index (κ3) is 7.14. The Morgan fingerprint density at radius 1 is 0.848 bits per heavy atom. The molecule has 1 N–H and O–H groups in total. The molecule has 0 aliphatic carbocycles. The van der Waals surface area contributed by atoms with Gasteiger partial charge in [0.2, 0.25) is 0 Å². The lowest BCUT2D eigenvalue weighted by atomic mass is 10.2. The molecule has 0 amide bonds. The summed E-state index contributed by atoms with van der Waals surface area (Å²) < 4.78 is 24.3. The molecule has 0 spiro atoms. The number of hydrazone groups is 1. The fourth-order valence-electron chi connectivity index (χ4n) is 3.05. The zero-order valence-electron chi connectivity index (χ0n) is 18.7. The van der Waals surface area contributed by atoms with Gasteiger partial charge in [0.25, 0.3) is 0 Å². The Morgan fingerprint density at radius 2 is 1.58 bits per heavy atom. The van der Waals surface area contributed by atoms with Gasteiger partial charge in [0, 0.05) is 4.47 Å². The Hall–Kier alpha value is -2.71. The summed E-state index contributed by atoms with van der Waals surface area (Å²) in [6, 6.07) is 17.6. The molecule has 0 fully saturated rings. The van der Waals surface area contributed by atoms with Gasteiger partial charge in [-0.15, -0.1) is 0 Å². The van der Waals surface area contributed by atoms with E-state index in [1.807, 2.05) is 61.5 Å². The number of rotatable bonds is 11. The molecule has 33 heavy (non-hydrogen) atoms. The molecule has 3 rings (SSSR count). The molecular weight excluding hydrogens is 552 g/mol. The molecule has 0 heterocycles. The van der Waals surface area contributed by atoms with Crippen LogP contribution >= 0.6 is 31.9 Å². The van der Waals surface area contributed by atoms with Gasteiger partial charge in [-0.1, -0.05) is 34.1 Å². The number of nitrogens with one attached hydrogen (secondary N) is 1. The molecule has 0 aliphatic heterocycles. The van der Waals surface area contributed by atoms with Gasteiger partial charge in [0.05, 0.1) is 38.1 Å². The second-order valence-electron chi connectivity index (χ2n) is 6.96. The van der Waals surface area contributed by atoms with Crippen molar-refractivity contribution in [2.45, 2.75) is 20.1 Å². The lowest BCUT2D eigenvalue weighted by molar-refractivity contribution is 0.267. The maximum absolute atomic E-state index is 6.06. The van der Waals surface area contributed by atoms with Crippen LogP contribution in [0.15, 0.2) is 68.6 Å². The molecule has 8 heteroatoms. The molecule has 3 aromatic carbocycles. The summed E-state index contributed by atoms with van der Waals surface area (Å²) in [5.74, 6) is 2.70. The largest absolute Gasteiger partial charge is 0.493 e. The smallest absolute Gasteiger partial charge is 0.175 e. The number of hydrogen-bond donors (Lipinski definition) is 1. The first-order valence-electron chi connectivity index (χ1n) is 10.3. The molecule has 0 aliphatic rings. The first-order chi connectivity index (χ1) is 16.0. The minimum atomic E-state index is 0.437. The van der Waals surface area contributed by atoms with Gasteiger partial charge in [-0.05, 0) is 75.9 Å². The monoisotopic (exact) mass is 576 g/mol. The van der Waals surface area contributed by atoms with Crippen molar-refractivity contribution in [2.24, 2.45) is 5.10 Å².